The number of benzene rings is 1. The van der Waals surface area contributed by atoms with Crippen molar-refractivity contribution in [3.05, 3.63) is 46.2 Å². The Hall–Kier alpha value is -2.61. The predicted octanol–water partition coefficient (Wildman–Crippen LogP) is 2.66. The fourth-order valence-corrected chi connectivity index (χ4v) is 3.52. The maximum absolute atomic E-state index is 13.6. The molecule has 1 N–H and O–H groups in total. The van der Waals surface area contributed by atoms with Gasteiger partial charge in [-0.05, 0) is 24.1 Å². The van der Waals surface area contributed by atoms with Gasteiger partial charge in [0.05, 0.1) is 0 Å². The Morgan fingerprint density at radius 2 is 2.04 bits per heavy atom. The van der Waals surface area contributed by atoms with Gasteiger partial charge in [-0.3, -0.25) is 19.3 Å². The summed E-state index contributed by atoms with van der Waals surface area (Å²) in [5, 5.41) is 3.11. The zero-order chi connectivity index (χ0) is 18.7. The number of imide groups is 1. The van der Waals surface area contributed by atoms with Crippen molar-refractivity contribution in [1.82, 2.24) is 9.88 Å². The minimum atomic E-state index is -0.306. The number of nitrogens with one attached hydrogen (secondary N) is 1. The van der Waals surface area contributed by atoms with Crippen LogP contribution in [-0.2, 0) is 20.8 Å². The molecule has 1 aliphatic rings. The second kappa shape index (κ2) is 7.74. The van der Waals surface area contributed by atoms with E-state index in [0.29, 0.717) is 17.1 Å². The molecular weight excluding hydrogens is 357 g/mol. The van der Waals surface area contributed by atoms with Gasteiger partial charge in [-0.15, -0.1) is 11.3 Å². The van der Waals surface area contributed by atoms with Crippen LogP contribution in [0.3, 0.4) is 0 Å². The van der Waals surface area contributed by atoms with E-state index in [9.17, 15) is 18.8 Å². The van der Waals surface area contributed by atoms with Gasteiger partial charge in [0.2, 0.25) is 17.7 Å². The summed E-state index contributed by atoms with van der Waals surface area (Å²) in [6.07, 6.45) is 2.65. The summed E-state index contributed by atoms with van der Waals surface area (Å²) in [5.41, 5.74) is 1.43. The third kappa shape index (κ3) is 4.32. The number of hydrogen-bond donors (Lipinski definition) is 1. The number of hydrogen-bond acceptors (Lipinski definition) is 5. The van der Waals surface area contributed by atoms with Crippen molar-refractivity contribution in [3.8, 4) is 0 Å². The molecule has 0 spiro atoms. The largest absolute Gasteiger partial charge is 0.302 e. The van der Waals surface area contributed by atoms with Crippen molar-refractivity contribution >= 4 is 34.2 Å². The molecule has 8 heteroatoms. The monoisotopic (exact) mass is 375 g/mol. The van der Waals surface area contributed by atoms with Crippen LogP contribution in [0.5, 0.6) is 0 Å². The minimum Gasteiger partial charge on any atom is -0.302 e. The number of carbonyl (C=O) groups excluding carboxylic acids is 3. The molecule has 0 radical (unpaired) electrons. The van der Waals surface area contributed by atoms with E-state index in [1.165, 1.54) is 17.4 Å². The lowest BCUT2D eigenvalue weighted by molar-refractivity contribution is -0.138. The molecule has 136 valence electrons. The van der Waals surface area contributed by atoms with E-state index in [2.05, 4.69) is 10.3 Å². The smallest absolute Gasteiger partial charge is 0.229 e. The number of rotatable bonds is 6. The summed E-state index contributed by atoms with van der Waals surface area (Å²) >= 11 is 1.31. The van der Waals surface area contributed by atoms with Gasteiger partial charge in [0.15, 0.2) is 5.13 Å². The molecule has 26 heavy (non-hydrogen) atoms. The molecule has 3 amide bonds. The summed E-state index contributed by atoms with van der Waals surface area (Å²) in [5.74, 6) is -1.01. The normalized spacial score (nSPS) is 14.2. The van der Waals surface area contributed by atoms with Crippen molar-refractivity contribution in [3.63, 3.8) is 0 Å². The summed E-state index contributed by atoms with van der Waals surface area (Å²) in [6.45, 7) is 1.80. The lowest BCUT2D eigenvalue weighted by Crippen LogP contribution is -2.32. The molecular formula is C18H18FN3O3S. The Kier molecular flexibility index (Phi) is 5.41. The summed E-state index contributed by atoms with van der Waals surface area (Å²) < 4.78 is 13.6. The van der Waals surface area contributed by atoms with Crippen molar-refractivity contribution < 1.29 is 18.8 Å². The summed E-state index contributed by atoms with van der Waals surface area (Å²) in [7, 11) is 0. The molecule has 0 atom stereocenters. The minimum absolute atomic E-state index is 0.0373. The van der Waals surface area contributed by atoms with E-state index in [1.807, 2.05) is 6.07 Å². The van der Waals surface area contributed by atoms with Gasteiger partial charge >= 0.3 is 0 Å². The van der Waals surface area contributed by atoms with E-state index in [1.54, 1.807) is 19.2 Å². The third-order valence-electron chi connectivity index (χ3n) is 4.13. The average molecular weight is 375 g/mol. The molecule has 0 bridgehead atoms. The van der Waals surface area contributed by atoms with Crippen molar-refractivity contribution in [2.24, 2.45) is 0 Å². The Labute approximate surface area is 154 Å². The van der Waals surface area contributed by atoms with Gasteiger partial charge in [-0.25, -0.2) is 9.37 Å². The lowest BCUT2D eigenvalue weighted by Gasteiger charge is -2.12. The molecule has 1 aromatic carbocycles. The SMILES string of the molecule is Cc1ccc(Cc2cnc(NC(=O)CCN3C(=O)CCC3=O)s2)cc1F. The second-order valence-corrected chi connectivity index (χ2v) is 7.24. The zero-order valence-electron chi connectivity index (χ0n) is 14.3. The standard InChI is InChI=1S/C18H18FN3O3S/c1-11-2-3-12(9-14(11)19)8-13-10-20-18(26-13)21-15(23)6-7-22-16(24)4-5-17(22)25/h2-3,9-10H,4-8H2,1H3,(H,20,21,23). The van der Waals surface area contributed by atoms with Crippen LogP contribution in [0.25, 0.3) is 0 Å². The van der Waals surface area contributed by atoms with Crippen LogP contribution in [0.1, 0.15) is 35.3 Å². The number of anilines is 1. The first-order valence-electron chi connectivity index (χ1n) is 8.25. The fraction of sp³-hybridized carbons (Fsp3) is 0.333. The maximum atomic E-state index is 13.6. The molecule has 0 saturated carbocycles. The molecule has 2 heterocycles. The molecule has 1 aromatic heterocycles. The first-order valence-corrected chi connectivity index (χ1v) is 9.07. The van der Waals surface area contributed by atoms with Gasteiger partial charge in [-0.1, -0.05) is 12.1 Å². The number of halogens is 1. The highest BCUT2D eigenvalue weighted by Gasteiger charge is 2.28. The molecule has 0 aliphatic carbocycles. The maximum Gasteiger partial charge on any atom is 0.229 e. The number of nitrogens with zero attached hydrogens (tertiary/aromatic N) is 2. The molecule has 2 aromatic rings. The molecule has 0 unspecified atom stereocenters. The molecule has 1 saturated heterocycles. The van der Waals surface area contributed by atoms with Gasteiger partial charge in [0, 0.05) is 43.3 Å². The highest BCUT2D eigenvalue weighted by atomic mass is 32.1. The fourth-order valence-electron chi connectivity index (χ4n) is 2.66. The average Bonchev–Trinajstić information content (AvgIpc) is 3.16. The lowest BCUT2D eigenvalue weighted by atomic mass is 10.1. The quantitative estimate of drug-likeness (QED) is 0.788. The van der Waals surface area contributed by atoms with Crippen LogP contribution in [0, 0.1) is 12.7 Å². The van der Waals surface area contributed by atoms with Crippen LogP contribution in [0.15, 0.2) is 24.4 Å². The van der Waals surface area contributed by atoms with Crippen LogP contribution < -0.4 is 5.32 Å². The van der Waals surface area contributed by atoms with Crippen LogP contribution >= 0.6 is 11.3 Å². The number of aromatic nitrogens is 1. The predicted molar refractivity (Wildman–Crippen MR) is 95.3 cm³/mol. The van der Waals surface area contributed by atoms with E-state index in [4.69, 9.17) is 0 Å². The Morgan fingerprint density at radius 3 is 2.73 bits per heavy atom. The van der Waals surface area contributed by atoms with Gasteiger partial charge in [0.25, 0.3) is 0 Å². The van der Waals surface area contributed by atoms with Crippen LogP contribution in [-0.4, -0.2) is 34.2 Å². The van der Waals surface area contributed by atoms with E-state index in [0.717, 1.165) is 15.3 Å². The van der Waals surface area contributed by atoms with Crippen molar-refractivity contribution in [1.29, 1.82) is 0 Å². The Morgan fingerprint density at radius 1 is 1.31 bits per heavy atom. The number of thiazole rings is 1. The molecule has 1 aliphatic heterocycles. The van der Waals surface area contributed by atoms with E-state index in [-0.39, 0.29) is 49.3 Å². The highest BCUT2D eigenvalue weighted by molar-refractivity contribution is 7.15. The molecule has 6 nitrogen and oxygen atoms in total. The van der Waals surface area contributed by atoms with Gasteiger partial charge < -0.3 is 5.32 Å². The number of likely N-dealkylation sites (tertiary alicyclic amines) is 1. The topological polar surface area (TPSA) is 79.4 Å². The van der Waals surface area contributed by atoms with Crippen LogP contribution in [0.4, 0.5) is 9.52 Å². The first-order chi connectivity index (χ1) is 12.4. The van der Waals surface area contributed by atoms with Crippen molar-refractivity contribution in [2.45, 2.75) is 32.6 Å². The summed E-state index contributed by atoms with van der Waals surface area (Å²) in [4.78, 5) is 41.2. The number of amides is 3. The van der Waals surface area contributed by atoms with Gasteiger partial charge in [-0.2, -0.15) is 0 Å². The number of aryl methyl sites for hydroxylation is 1. The van der Waals surface area contributed by atoms with Crippen molar-refractivity contribution in [2.75, 3.05) is 11.9 Å². The molecule has 1 fully saturated rings. The summed E-state index contributed by atoms with van der Waals surface area (Å²) in [6, 6.07) is 5.09. The zero-order valence-corrected chi connectivity index (χ0v) is 15.1. The van der Waals surface area contributed by atoms with Crippen LogP contribution in [0.2, 0.25) is 0 Å². The van der Waals surface area contributed by atoms with Gasteiger partial charge in [0.1, 0.15) is 5.82 Å². The Bertz CT molecular complexity index is 849. The first kappa shape index (κ1) is 18.2. The van der Waals surface area contributed by atoms with E-state index >= 15 is 0 Å². The highest BCUT2D eigenvalue weighted by Crippen LogP contribution is 2.22. The molecule has 3 rings (SSSR count). The van der Waals surface area contributed by atoms with E-state index < -0.39 is 0 Å². The third-order valence-corrected chi connectivity index (χ3v) is 5.04. The number of carbonyl (C=O) groups is 3. The Balaban J connectivity index is 1.52. The second-order valence-electron chi connectivity index (χ2n) is 6.13.